The summed E-state index contributed by atoms with van der Waals surface area (Å²) in [5.74, 6) is -0.0189. The minimum absolute atomic E-state index is 0.0487. The van der Waals surface area contributed by atoms with Crippen LogP contribution < -0.4 is 0 Å². The van der Waals surface area contributed by atoms with Crippen LogP contribution in [0.4, 0.5) is 0 Å². The molecule has 1 unspecified atom stereocenters. The lowest BCUT2D eigenvalue weighted by Crippen LogP contribution is -2.20. The van der Waals surface area contributed by atoms with Crippen molar-refractivity contribution in [3.05, 3.63) is 0 Å². The summed E-state index contributed by atoms with van der Waals surface area (Å²) in [7, 11) is 0. The van der Waals surface area contributed by atoms with Gasteiger partial charge in [0, 0.05) is 6.61 Å². The van der Waals surface area contributed by atoms with Crippen LogP contribution in [-0.2, 0) is 23.7 Å². The minimum atomic E-state index is -0.0676. The van der Waals surface area contributed by atoms with Gasteiger partial charge in [-0.05, 0) is 19.3 Å². The predicted molar refractivity (Wildman–Crippen MR) is 101 cm³/mol. The van der Waals surface area contributed by atoms with Crippen molar-refractivity contribution in [2.45, 2.75) is 72.1 Å². The first kappa shape index (κ1) is 24.4. The summed E-state index contributed by atoms with van der Waals surface area (Å²) in [5.41, 5.74) is 0. The number of carbonyl (C=O) groups is 1. The number of rotatable bonds is 19. The Bertz CT molecular complexity index is 283. The molecule has 0 saturated heterocycles. The van der Waals surface area contributed by atoms with Gasteiger partial charge < -0.3 is 18.9 Å². The van der Waals surface area contributed by atoms with Gasteiger partial charge in [0.1, 0.15) is 6.61 Å². The Morgan fingerprint density at radius 3 is 1.76 bits per heavy atom. The van der Waals surface area contributed by atoms with Crippen molar-refractivity contribution < 1.29 is 23.7 Å². The monoisotopic (exact) mass is 360 g/mol. The Morgan fingerprint density at radius 2 is 1.20 bits per heavy atom. The second-order valence-corrected chi connectivity index (χ2v) is 6.34. The van der Waals surface area contributed by atoms with Crippen molar-refractivity contribution in [3.63, 3.8) is 0 Å². The molecule has 25 heavy (non-hydrogen) atoms. The maximum absolute atomic E-state index is 12.1. The van der Waals surface area contributed by atoms with Crippen molar-refractivity contribution in [2.24, 2.45) is 5.92 Å². The molecule has 0 aliphatic rings. The fourth-order valence-electron chi connectivity index (χ4n) is 2.48. The van der Waals surface area contributed by atoms with Crippen LogP contribution in [0.15, 0.2) is 0 Å². The van der Waals surface area contributed by atoms with E-state index in [1.165, 1.54) is 12.8 Å². The smallest absolute Gasteiger partial charge is 0.309 e. The second kappa shape index (κ2) is 19.7. The molecule has 0 fully saturated rings. The van der Waals surface area contributed by atoms with E-state index in [9.17, 15) is 4.79 Å². The van der Waals surface area contributed by atoms with Gasteiger partial charge in [0.2, 0.25) is 0 Å². The summed E-state index contributed by atoms with van der Waals surface area (Å²) in [6.07, 6.45) is 8.58. The van der Waals surface area contributed by atoms with Gasteiger partial charge in [-0.3, -0.25) is 4.79 Å². The summed E-state index contributed by atoms with van der Waals surface area (Å²) in [4.78, 5) is 12.1. The predicted octanol–water partition coefficient (Wildman–Crippen LogP) is 4.38. The van der Waals surface area contributed by atoms with E-state index < -0.39 is 0 Å². The van der Waals surface area contributed by atoms with E-state index in [-0.39, 0.29) is 11.9 Å². The molecule has 0 amide bonds. The number of hydrogen-bond acceptors (Lipinski definition) is 5. The Hall–Kier alpha value is -0.650. The molecule has 1 atom stereocenters. The number of carbonyl (C=O) groups excluding carboxylic acids is 1. The molecule has 150 valence electrons. The molecule has 0 aromatic carbocycles. The Morgan fingerprint density at radius 1 is 0.640 bits per heavy atom. The quantitative estimate of drug-likeness (QED) is 0.253. The van der Waals surface area contributed by atoms with Gasteiger partial charge >= 0.3 is 5.97 Å². The number of ether oxygens (including phenoxy) is 4. The second-order valence-electron chi connectivity index (χ2n) is 6.34. The lowest BCUT2D eigenvalue weighted by atomic mass is 9.97. The summed E-state index contributed by atoms with van der Waals surface area (Å²) < 4.78 is 21.6. The molecule has 0 radical (unpaired) electrons. The lowest BCUT2D eigenvalue weighted by Gasteiger charge is -2.15. The van der Waals surface area contributed by atoms with E-state index in [2.05, 4.69) is 20.8 Å². The molecule has 0 rings (SSSR count). The van der Waals surface area contributed by atoms with Gasteiger partial charge in [-0.2, -0.15) is 0 Å². The molecule has 5 heteroatoms. The van der Waals surface area contributed by atoms with Gasteiger partial charge in [0.15, 0.2) is 0 Å². The van der Waals surface area contributed by atoms with Gasteiger partial charge in [0.05, 0.1) is 39.0 Å². The first-order valence-electron chi connectivity index (χ1n) is 10.2. The largest absolute Gasteiger partial charge is 0.463 e. The van der Waals surface area contributed by atoms with Gasteiger partial charge in [-0.25, -0.2) is 0 Å². The number of unbranched alkanes of at least 4 members (excludes halogenated alkanes) is 3. The third-order valence-electron chi connectivity index (χ3n) is 3.98. The molecule has 0 spiro atoms. The molecular weight excluding hydrogens is 320 g/mol. The molecule has 0 bridgehead atoms. The fraction of sp³-hybridized carbons (Fsp3) is 0.950. The zero-order chi connectivity index (χ0) is 18.6. The highest BCUT2D eigenvalue weighted by atomic mass is 16.6. The van der Waals surface area contributed by atoms with Crippen molar-refractivity contribution in [2.75, 3.05) is 46.2 Å². The maximum Gasteiger partial charge on any atom is 0.309 e. The van der Waals surface area contributed by atoms with E-state index in [1.807, 2.05) is 0 Å². The molecule has 0 aliphatic carbocycles. The van der Waals surface area contributed by atoms with E-state index in [4.69, 9.17) is 18.9 Å². The molecule has 0 aliphatic heterocycles. The molecule has 0 aromatic rings. The van der Waals surface area contributed by atoms with Crippen LogP contribution in [0.2, 0.25) is 0 Å². The standard InChI is InChI=1S/C20H40O5/c1-4-7-9-11-19(10-6-3)20(21)25-18-17-24-16-15-23-14-13-22-12-8-5-2/h19H,4-18H2,1-3H3. The van der Waals surface area contributed by atoms with Crippen molar-refractivity contribution >= 4 is 5.97 Å². The number of esters is 1. The van der Waals surface area contributed by atoms with Gasteiger partial charge in [-0.15, -0.1) is 0 Å². The molecule has 0 aromatic heterocycles. The normalized spacial score (nSPS) is 12.3. The summed E-state index contributed by atoms with van der Waals surface area (Å²) in [5, 5.41) is 0. The summed E-state index contributed by atoms with van der Waals surface area (Å²) >= 11 is 0. The molecule has 0 heterocycles. The van der Waals surface area contributed by atoms with E-state index in [0.717, 1.165) is 45.1 Å². The Kier molecular flexibility index (Phi) is 19.2. The third kappa shape index (κ3) is 16.6. The zero-order valence-corrected chi connectivity index (χ0v) is 16.7. The van der Waals surface area contributed by atoms with E-state index in [1.54, 1.807) is 0 Å². The maximum atomic E-state index is 12.1. The SMILES string of the molecule is CCCCCC(CCC)C(=O)OCCOCCOCCOCCCC. The average molecular weight is 361 g/mol. The van der Waals surface area contributed by atoms with Gasteiger partial charge in [-0.1, -0.05) is 52.9 Å². The molecule has 0 N–H and O–H groups in total. The highest BCUT2D eigenvalue weighted by Gasteiger charge is 2.18. The first-order valence-corrected chi connectivity index (χ1v) is 10.2. The van der Waals surface area contributed by atoms with Crippen LogP contribution >= 0.6 is 0 Å². The lowest BCUT2D eigenvalue weighted by molar-refractivity contribution is -0.150. The molecule has 0 saturated carbocycles. The van der Waals surface area contributed by atoms with Crippen LogP contribution in [0.1, 0.15) is 72.1 Å². The highest BCUT2D eigenvalue weighted by Crippen LogP contribution is 2.17. The van der Waals surface area contributed by atoms with Crippen molar-refractivity contribution in [1.29, 1.82) is 0 Å². The molecule has 5 nitrogen and oxygen atoms in total. The number of hydrogen-bond donors (Lipinski definition) is 0. The van der Waals surface area contributed by atoms with E-state index in [0.29, 0.717) is 39.6 Å². The van der Waals surface area contributed by atoms with Crippen LogP contribution in [-0.4, -0.2) is 52.2 Å². The van der Waals surface area contributed by atoms with Crippen molar-refractivity contribution in [1.82, 2.24) is 0 Å². The summed E-state index contributed by atoms with van der Waals surface area (Å²) in [6, 6.07) is 0. The summed E-state index contributed by atoms with van der Waals surface area (Å²) in [6.45, 7) is 10.3. The third-order valence-corrected chi connectivity index (χ3v) is 3.98. The van der Waals surface area contributed by atoms with Crippen LogP contribution in [0.5, 0.6) is 0 Å². The van der Waals surface area contributed by atoms with Crippen molar-refractivity contribution in [3.8, 4) is 0 Å². The average Bonchev–Trinajstić information content (AvgIpc) is 2.62. The highest BCUT2D eigenvalue weighted by molar-refractivity contribution is 5.72. The van der Waals surface area contributed by atoms with Gasteiger partial charge in [0.25, 0.3) is 0 Å². The minimum Gasteiger partial charge on any atom is -0.463 e. The van der Waals surface area contributed by atoms with Crippen LogP contribution in [0, 0.1) is 5.92 Å². The first-order chi connectivity index (χ1) is 12.3. The fourth-order valence-corrected chi connectivity index (χ4v) is 2.48. The van der Waals surface area contributed by atoms with Crippen LogP contribution in [0.3, 0.4) is 0 Å². The van der Waals surface area contributed by atoms with E-state index >= 15 is 0 Å². The molecular formula is C20H40O5. The van der Waals surface area contributed by atoms with Crippen LogP contribution in [0.25, 0.3) is 0 Å². The zero-order valence-electron chi connectivity index (χ0n) is 16.7. The topological polar surface area (TPSA) is 54.0 Å². The Balaban J connectivity index is 3.48. The Labute approximate surface area is 154 Å².